The summed E-state index contributed by atoms with van der Waals surface area (Å²) in [7, 11) is 1.44. The van der Waals surface area contributed by atoms with Gasteiger partial charge >= 0.3 is 6.18 Å². The molecule has 0 unspecified atom stereocenters. The number of amides is 2. The van der Waals surface area contributed by atoms with Crippen molar-refractivity contribution in [2.75, 3.05) is 7.05 Å². The minimum Gasteiger partial charge on any atom is -0.457 e. The molecule has 0 saturated carbocycles. The molecule has 31 heavy (non-hydrogen) atoms. The lowest BCUT2D eigenvalue weighted by molar-refractivity contribution is -0.138. The zero-order chi connectivity index (χ0) is 22.6. The molecule has 0 aromatic heterocycles. The summed E-state index contributed by atoms with van der Waals surface area (Å²) in [5, 5.41) is 0. The molecule has 0 aliphatic carbocycles. The monoisotopic (exact) mass is 428 g/mol. The topological polar surface area (TPSA) is 72.6 Å². The van der Waals surface area contributed by atoms with Crippen LogP contribution in [0.5, 0.6) is 11.5 Å². The van der Waals surface area contributed by atoms with Crippen molar-refractivity contribution in [3.8, 4) is 11.5 Å². The number of benzene rings is 3. The highest BCUT2D eigenvalue weighted by Crippen LogP contribution is 2.32. The van der Waals surface area contributed by atoms with E-state index in [1.54, 1.807) is 24.3 Å². The van der Waals surface area contributed by atoms with E-state index in [2.05, 4.69) is 0 Å². The Bertz CT molecular complexity index is 1080. The Morgan fingerprint density at radius 1 is 0.871 bits per heavy atom. The summed E-state index contributed by atoms with van der Waals surface area (Å²) >= 11 is 0. The van der Waals surface area contributed by atoms with Crippen LogP contribution in [-0.2, 0) is 12.7 Å². The van der Waals surface area contributed by atoms with Crippen LogP contribution < -0.4 is 10.5 Å². The number of nitrogens with zero attached hydrogens (tertiary/aromatic N) is 1. The van der Waals surface area contributed by atoms with Gasteiger partial charge in [-0.1, -0.05) is 18.2 Å². The van der Waals surface area contributed by atoms with Crippen molar-refractivity contribution in [2.45, 2.75) is 12.7 Å². The maximum absolute atomic E-state index is 13.2. The van der Waals surface area contributed by atoms with Crippen LogP contribution in [0, 0.1) is 0 Å². The fourth-order valence-electron chi connectivity index (χ4n) is 2.97. The lowest BCUT2D eigenvalue weighted by atomic mass is 10.1. The lowest BCUT2D eigenvalue weighted by Gasteiger charge is -2.20. The number of hydrogen-bond donors (Lipinski definition) is 1. The van der Waals surface area contributed by atoms with E-state index < -0.39 is 23.6 Å². The van der Waals surface area contributed by atoms with Gasteiger partial charge in [-0.15, -0.1) is 0 Å². The molecule has 2 N–H and O–H groups in total. The Hall–Kier alpha value is -3.81. The van der Waals surface area contributed by atoms with Gasteiger partial charge in [0.25, 0.3) is 5.91 Å². The summed E-state index contributed by atoms with van der Waals surface area (Å²) < 4.78 is 45.2. The Morgan fingerprint density at radius 2 is 1.39 bits per heavy atom. The Morgan fingerprint density at radius 3 is 1.90 bits per heavy atom. The van der Waals surface area contributed by atoms with Crippen molar-refractivity contribution in [1.29, 1.82) is 0 Å². The SMILES string of the molecule is CN(Cc1ccccc1C(F)(F)F)C(=O)c1ccc(Oc2ccc(C(N)=O)cc2)cc1. The highest BCUT2D eigenvalue weighted by Gasteiger charge is 2.33. The standard InChI is InChI=1S/C23H19F3N2O3/c1-28(14-17-4-2-3-5-20(17)23(24,25)26)22(30)16-8-12-19(13-9-16)31-18-10-6-15(7-11-18)21(27)29/h2-13H,14H2,1H3,(H2,27,29). The Balaban J connectivity index is 1.68. The first kappa shape index (κ1) is 21.9. The molecule has 3 aromatic carbocycles. The van der Waals surface area contributed by atoms with Gasteiger partial charge in [-0.05, 0) is 60.2 Å². The van der Waals surface area contributed by atoms with Crippen LogP contribution in [0.25, 0.3) is 0 Å². The molecule has 0 aliphatic rings. The first-order valence-electron chi connectivity index (χ1n) is 9.23. The fourth-order valence-corrected chi connectivity index (χ4v) is 2.97. The molecule has 5 nitrogen and oxygen atoms in total. The van der Waals surface area contributed by atoms with E-state index in [1.165, 1.54) is 54.4 Å². The van der Waals surface area contributed by atoms with Crippen molar-refractivity contribution in [1.82, 2.24) is 4.90 Å². The number of nitrogens with two attached hydrogens (primary N) is 1. The van der Waals surface area contributed by atoms with Gasteiger partial charge < -0.3 is 15.4 Å². The number of rotatable bonds is 6. The molecule has 160 valence electrons. The van der Waals surface area contributed by atoms with Crippen LogP contribution in [0.3, 0.4) is 0 Å². The van der Waals surface area contributed by atoms with E-state index in [9.17, 15) is 22.8 Å². The summed E-state index contributed by atoms with van der Waals surface area (Å²) in [6.07, 6.45) is -4.49. The van der Waals surface area contributed by atoms with Crippen molar-refractivity contribution in [2.24, 2.45) is 5.73 Å². The van der Waals surface area contributed by atoms with Crippen LogP contribution in [0.4, 0.5) is 13.2 Å². The average molecular weight is 428 g/mol. The van der Waals surface area contributed by atoms with Gasteiger partial charge in [-0.3, -0.25) is 9.59 Å². The van der Waals surface area contributed by atoms with Crippen LogP contribution in [0.2, 0.25) is 0 Å². The smallest absolute Gasteiger partial charge is 0.416 e. The molecule has 0 saturated heterocycles. The average Bonchev–Trinajstić information content (AvgIpc) is 2.74. The van der Waals surface area contributed by atoms with Crippen molar-refractivity contribution in [3.05, 3.63) is 95.1 Å². The summed E-state index contributed by atoms with van der Waals surface area (Å²) in [5.41, 5.74) is 5.11. The molecule has 0 bridgehead atoms. The summed E-state index contributed by atoms with van der Waals surface area (Å²) in [5.74, 6) is -0.0378. The third-order valence-electron chi connectivity index (χ3n) is 4.55. The minimum atomic E-state index is -4.49. The molecule has 0 fully saturated rings. The third kappa shape index (κ3) is 5.42. The van der Waals surface area contributed by atoms with E-state index in [0.717, 1.165) is 6.07 Å². The second kappa shape index (κ2) is 8.91. The molecule has 0 radical (unpaired) electrons. The zero-order valence-electron chi connectivity index (χ0n) is 16.5. The van der Waals surface area contributed by atoms with Crippen LogP contribution in [0.15, 0.2) is 72.8 Å². The largest absolute Gasteiger partial charge is 0.457 e. The first-order valence-corrected chi connectivity index (χ1v) is 9.23. The van der Waals surface area contributed by atoms with Gasteiger partial charge in [-0.25, -0.2) is 0 Å². The zero-order valence-corrected chi connectivity index (χ0v) is 16.5. The van der Waals surface area contributed by atoms with E-state index in [0.29, 0.717) is 22.6 Å². The molecule has 0 heterocycles. The number of primary amides is 1. The Labute approximate surface area is 176 Å². The summed E-state index contributed by atoms with van der Waals surface area (Å²) in [4.78, 5) is 25.0. The van der Waals surface area contributed by atoms with Crippen LogP contribution in [-0.4, -0.2) is 23.8 Å². The lowest BCUT2D eigenvalue weighted by Crippen LogP contribution is -2.27. The van der Waals surface area contributed by atoms with Crippen LogP contribution in [0.1, 0.15) is 31.8 Å². The molecule has 0 spiro atoms. The number of carbonyl (C=O) groups excluding carboxylic acids is 2. The predicted octanol–water partition coefficient (Wildman–Crippen LogP) is 4.87. The van der Waals surface area contributed by atoms with E-state index in [4.69, 9.17) is 10.5 Å². The van der Waals surface area contributed by atoms with Gasteiger partial charge in [0.15, 0.2) is 0 Å². The Kier molecular flexibility index (Phi) is 6.29. The minimum absolute atomic E-state index is 0.0187. The molecule has 0 aliphatic heterocycles. The van der Waals surface area contributed by atoms with Gasteiger partial charge in [0.05, 0.1) is 5.56 Å². The summed E-state index contributed by atoms with van der Waals surface area (Å²) in [6, 6.07) is 17.6. The molecule has 0 atom stereocenters. The van der Waals surface area contributed by atoms with Crippen molar-refractivity contribution >= 4 is 11.8 Å². The quantitative estimate of drug-likeness (QED) is 0.609. The first-order chi connectivity index (χ1) is 14.6. The van der Waals surface area contributed by atoms with Crippen molar-refractivity contribution in [3.63, 3.8) is 0 Å². The normalized spacial score (nSPS) is 11.1. The summed E-state index contributed by atoms with van der Waals surface area (Å²) in [6.45, 7) is -0.182. The van der Waals surface area contributed by atoms with Gasteiger partial charge in [0.2, 0.25) is 5.91 Å². The fraction of sp³-hybridized carbons (Fsp3) is 0.130. The van der Waals surface area contributed by atoms with Crippen LogP contribution >= 0.6 is 0 Å². The molecular weight excluding hydrogens is 409 g/mol. The maximum atomic E-state index is 13.2. The maximum Gasteiger partial charge on any atom is 0.416 e. The second-order valence-corrected chi connectivity index (χ2v) is 6.83. The molecule has 3 aromatic rings. The van der Waals surface area contributed by atoms with Gasteiger partial charge in [0, 0.05) is 24.7 Å². The third-order valence-corrected chi connectivity index (χ3v) is 4.55. The number of halogens is 3. The molecular formula is C23H19F3N2O3. The number of carbonyl (C=O) groups is 2. The molecule has 2 amide bonds. The van der Waals surface area contributed by atoms with Gasteiger partial charge in [-0.2, -0.15) is 13.2 Å². The molecule has 3 rings (SSSR count). The van der Waals surface area contributed by atoms with E-state index in [1.807, 2.05) is 0 Å². The highest BCUT2D eigenvalue weighted by atomic mass is 19.4. The second-order valence-electron chi connectivity index (χ2n) is 6.83. The number of hydrogen-bond acceptors (Lipinski definition) is 3. The molecule has 8 heteroatoms. The predicted molar refractivity (Wildman–Crippen MR) is 109 cm³/mol. The number of alkyl halides is 3. The van der Waals surface area contributed by atoms with Gasteiger partial charge in [0.1, 0.15) is 11.5 Å². The van der Waals surface area contributed by atoms with Crippen molar-refractivity contribution < 1.29 is 27.5 Å². The van der Waals surface area contributed by atoms with E-state index in [-0.39, 0.29) is 12.1 Å². The van der Waals surface area contributed by atoms with E-state index >= 15 is 0 Å². The number of ether oxygens (including phenoxy) is 1. The highest BCUT2D eigenvalue weighted by molar-refractivity contribution is 5.94.